The molecule has 0 bridgehead atoms. The number of aromatic nitrogens is 1. The number of anilines is 1. The van der Waals surface area contributed by atoms with Gasteiger partial charge >= 0.3 is 0 Å². The average Bonchev–Trinajstić information content (AvgIpc) is 2.73. The van der Waals surface area contributed by atoms with E-state index in [1.807, 2.05) is 13.2 Å². The molecule has 0 aliphatic carbocycles. The minimum atomic E-state index is 0.393. The summed E-state index contributed by atoms with van der Waals surface area (Å²) in [7, 11) is 1.98. The molecule has 0 spiro atoms. The van der Waals surface area contributed by atoms with Crippen LogP contribution in [0.15, 0.2) is 6.20 Å². The summed E-state index contributed by atoms with van der Waals surface area (Å²) in [5.41, 5.74) is 0. The van der Waals surface area contributed by atoms with Crippen molar-refractivity contribution in [2.45, 2.75) is 33.7 Å². The van der Waals surface area contributed by atoms with Crippen molar-refractivity contribution >= 4 is 16.5 Å². The van der Waals surface area contributed by atoms with Gasteiger partial charge in [0.05, 0.1) is 0 Å². The van der Waals surface area contributed by atoms with Crippen molar-refractivity contribution in [3.05, 3.63) is 11.1 Å². The van der Waals surface area contributed by atoms with E-state index in [2.05, 4.69) is 42.9 Å². The lowest BCUT2D eigenvalue weighted by molar-refractivity contribution is 0.618. The Morgan fingerprint density at radius 3 is 2.62 bits per heavy atom. The molecular weight excluding hydrogens is 218 g/mol. The Morgan fingerprint density at radius 1 is 1.44 bits per heavy atom. The molecule has 3 nitrogen and oxygen atoms in total. The summed E-state index contributed by atoms with van der Waals surface area (Å²) in [4.78, 5) is 8.17. The molecule has 0 aliphatic heterocycles. The van der Waals surface area contributed by atoms with Gasteiger partial charge in [-0.1, -0.05) is 13.8 Å². The van der Waals surface area contributed by atoms with Crippen LogP contribution >= 0.6 is 11.3 Å². The quantitative estimate of drug-likeness (QED) is 0.830. The van der Waals surface area contributed by atoms with Crippen LogP contribution in [0.3, 0.4) is 0 Å². The van der Waals surface area contributed by atoms with E-state index >= 15 is 0 Å². The number of thiazole rings is 1. The van der Waals surface area contributed by atoms with E-state index in [0.29, 0.717) is 12.0 Å². The topological polar surface area (TPSA) is 28.2 Å². The Balaban J connectivity index is 2.74. The molecule has 1 heterocycles. The molecule has 1 aromatic heterocycles. The molecule has 1 aromatic rings. The number of hydrogen-bond acceptors (Lipinski definition) is 4. The maximum absolute atomic E-state index is 4.51. The van der Waals surface area contributed by atoms with Gasteiger partial charge in [-0.05, 0) is 26.8 Å². The molecule has 0 aromatic carbocycles. The second-order valence-corrected chi connectivity index (χ2v) is 5.53. The summed E-state index contributed by atoms with van der Waals surface area (Å²) in [6.45, 7) is 10.9. The van der Waals surface area contributed by atoms with E-state index in [0.717, 1.165) is 18.2 Å². The zero-order chi connectivity index (χ0) is 12.1. The molecule has 0 saturated heterocycles. The van der Waals surface area contributed by atoms with Crippen molar-refractivity contribution in [3.63, 3.8) is 0 Å². The average molecular weight is 241 g/mol. The second-order valence-electron chi connectivity index (χ2n) is 4.49. The predicted molar refractivity (Wildman–Crippen MR) is 72.3 cm³/mol. The molecule has 1 unspecified atom stereocenters. The Kier molecular flexibility index (Phi) is 5.22. The highest BCUT2D eigenvalue weighted by atomic mass is 32.1. The Hall–Kier alpha value is -0.610. The highest BCUT2D eigenvalue weighted by Gasteiger charge is 2.13. The lowest BCUT2D eigenvalue weighted by Crippen LogP contribution is -2.26. The van der Waals surface area contributed by atoms with Crippen LogP contribution in [0.1, 0.15) is 38.6 Å². The highest BCUT2D eigenvalue weighted by molar-refractivity contribution is 7.15. The van der Waals surface area contributed by atoms with Crippen molar-refractivity contribution < 1.29 is 0 Å². The van der Waals surface area contributed by atoms with Crippen LogP contribution < -0.4 is 10.2 Å². The van der Waals surface area contributed by atoms with Crippen molar-refractivity contribution in [2.75, 3.05) is 25.0 Å². The van der Waals surface area contributed by atoms with E-state index in [-0.39, 0.29) is 0 Å². The third kappa shape index (κ3) is 3.46. The third-order valence-electron chi connectivity index (χ3n) is 2.61. The minimum Gasteiger partial charge on any atom is -0.348 e. The first-order chi connectivity index (χ1) is 7.58. The summed E-state index contributed by atoms with van der Waals surface area (Å²) in [5.74, 6) is 0.675. The molecule has 0 fully saturated rings. The SMILES string of the molecule is CCN(CC(C)C)c1ncc(C(C)NC)s1. The van der Waals surface area contributed by atoms with Gasteiger partial charge in [-0.3, -0.25) is 0 Å². The summed E-state index contributed by atoms with van der Waals surface area (Å²) in [6, 6.07) is 0.393. The predicted octanol–water partition coefficient (Wildman–Crippen LogP) is 2.91. The van der Waals surface area contributed by atoms with E-state index in [9.17, 15) is 0 Å². The van der Waals surface area contributed by atoms with Crippen LogP contribution in [0.25, 0.3) is 0 Å². The van der Waals surface area contributed by atoms with Crippen LogP contribution in [0.2, 0.25) is 0 Å². The highest BCUT2D eigenvalue weighted by Crippen LogP contribution is 2.27. The molecule has 16 heavy (non-hydrogen) atoms. The monoisotopic (exact) mass is 241 g/mol. The minimum absolute atomic E-state index is 0.393. The number of nitrogens with zero attached hydrogens (tertiary/aromatic N) is 2. The van der Waals surface area contributed by atoms with Crippen molar-refractivity contribution in [3.8, 4) is 0 Å². The first kappa shape index (κ1) is 13.5. The van der Waals surface area contributed by atoms with Gasteiger partial charge in [-0.15, -0.1) is 11.3 Å². The molecule has 0 aliphatic rings. The standard InChI is InChI=1S/C12H23N3S/c1-6-15(8-9(2)3)12-14-7-11(16-12)10(4)13-5/h7,9-10,13H,6,8H2,1-5H3. The zero-order valence-electron chi connectivity index (χ0n) is 10.9. The number of hydrogen-bond donors (Lipinski definition) is 1. The van der Waals surface area contributed by atoms with Crippen molar-refractivity contribution in [2.24, 2.45) is 5.92 Å². The van der Waals surface area contributed by atoms with Gasteiger partial charge in [0.1, 0.15) is 0 Å². The first-order valence-electron chi connectivity index (χ1n) is 5.96. The first-order valence-corrected chi connectivity index (χ1v) is 6.78. The number of nitrogens with one attached hydrogen (secondary N) is 1. The fourth-order valence-corrected chi connectivity index (χ4v) is 2.60. The van der Waals surface area contributed by atoms with Crippen LogP contribution in [-0.4, -0.2) is 25.1 Å². The summed E-state index contributed by atoms with van der Waals surface area (Å²) >= 11 is 1.79. The van der Waals surface area contributed by atoms with E-state index in [1.54, 1.807) is 11.3 Å². The number of rotatable bonds is 6. The van der Waals surface area contributed by atoms with Crippen LogP contribution in [0, 0.1) is 5.92 Å². The Bertz CT molecular complexity index is 309. The Morgan fingerprint density at radius 2 is 2.12 bits per heavy atom. The molecule has 0 saturated carbocycles. The van der Waals surface area contributed by atoms with Gasteiger partial charge in [0.15, 0.2) is 5.13 Å². The molecular formula is C12H23N3S. The maximum atomic E-state index is 4.51. The summed E-state index contributed by atoms with van der Waals surface area (Å²) in [5, 5.41) is 4.39. The molecule has 1 rings (SSSR count). The van der Waals surface area contributed by atoms with Crippen molar-refractivity contribution in [1.82, 2.24) is 10.3 Å². The third-order valence-corrected chi connectivity index (χ3v) is 3.85. The molecule has 1 N–H and O–H groups in total. The molecule has 92 valence electrons. The van der Waals surface area contributed by atoms with Gasteiger partial charge < -0.3 is 10.2 Å². The lowest BCUT2D eigenvalue weighted by Gasteiger charge is -2.21. The zero-order valence-corrected chi connectivity index (χ0v) is 11.8. The second kappa shape index (κ2) is 6.21. The molecule has 4 heteroatoms. The van der Waals surface area contributed by atoms with E-state index < -0.39 is 0 Å². The van der Waals surface area contributed by atoms with E-state index in [1.165, 1.54) is 4.88 Å². The fraction of sp³-hybridized carbons (Fsp3) is 0.750. The summed E-state index contributed by atoms with van der Waals surface area (Å²) < 4.78 is 0. The molecule has 1 atom stereocenters. The van der Waals surface area contributed by atoms with E-state index in [4.69, 9.17) is 0 Å². The summed E-state index contributed by atoms with van der Waals surface area (Å²) in [6.07, 6.45) is 1.99. The van der Waals surface area contributed by atoms with Gasteiger partial charge in [-0.25, -0.2) is 4.98 Å². The van der Waals surface area contributed by atoms with Gasteiger partial charge in [0.25, 0.3) is 0 Å². The Labute approximate surface area is 103 Å². The van der Waals surface area contributed by atoms with Gasteiger partial charge in [0, 0.05) is 30.2 Å². The molecule has 0 amide bonds. The lowest BCUT2D eigenvalue weighted by atomic mass is 10.2. The normalized spacial score (nSPS) is 13.1. The van der Waals surface area contributed by atoms with Crippen LogP contribution in [0.5, 0.6) is 0 Å². The van der Waals surface area contributed by atoms with Gasteiger partial charge in [0.2, 0.25) is 0 Å². The maximum Gasteiger partial charge on any atom is 0.185 e. The van der Waals surface area contributed by atoms with Gasteiger partial charge in [-0.2, -0.15) is 0 Å². The smallest absolute Gasteiger partial charge is 0.185 e. The van der Waals surface area contributed by atoms with Crippen molar-refractivity contribution in [1.29, 1.82) is 0 Å². The fourth-order valence-electron chi connectivity index (χ4n) is 1.55. The molecule has 0 radical (unpaired) electrons. The van der Waals surface area contributed by atoms with Crippen LogP contribution in [-0.2, 0) is 0 Å². The van der Waals surface area contributed by atoms with Crippen LogP contribution in [0.4, 0.5) is 5.13 Å². The largest absolute Gasteiger partial charge is 0.348 e.